The lowest BCUT2D eigenvalue weighted by molar-refractivity contribution is -0.113. The van der Waals surface area contributed by atoms with Gasteiger partial charge in [0.05, 0.1) is 5.75 Å². The van der Waals surface area contributed by atoms with Gasteiger partial charge in [0.2, 0.25) is 17.7 Å². The van der Waals surface area contributed by atoms with Crippen LogP contribution in [0.3, 0.4) is 0 Å². The van der Waals surface area contributed by atoms with Gasteiger partial charge in [-0.05, 0) is 48.4 Å². The molecular formula is C24H21N3O2S. The first-order valence-electron chi connectivity index (χ1n) is 9.60. The third-order valence-electron chi connectivity index (χ3n) is 4.59. The second kappa shape index (κ2) is 9.41. The molecule has 4 rings (SSSR count). The van der Waals surface area contributed by atoms with Gasteiger partial charge in [0.1, 0.15) is 0 Å². The van der Waals surface area contributed by atoms with Gasteiger partial charge in [0.15, 0.2) is 0 Å². The highest BCUT2D eigenvalue weighted by Crippen LogP contribution is 2.25. The number of anilines is 1. The first-order chi connectivity index (χ1) is 14.7. The monoisotopic (exact) mass is 415 g/mol. The minimum absolute atomic E-state index is 0.0405. The van der Waals surface area contributed by atoms with Gasteiger partial charge in [-0.25, -0.2) is 0 Å². The molecule has 0 spiro atoms. The zero-order valence-corrected chi connectivity index (χ0v) is 17.4. The minimum atomic E-state index is -0.0405. The predicted octanol–water partition coefficient (Wildman–Crippen LogP) is 5.58. The lowest BCUT2D eigenvalue weighted by Crippen LogP contribution is -2.14. The average molecular weight is 416 g/mol. The van der Waals surface area contributed by atoms with Crippen molar-refractivity contribution in [2.45, 2.75) is 12.7 Å². The highest BCUT2D eigenvalue weighted by Gasteiger charge is 2.11. The number of benzene rings is 3. The number of carbonyl (C=O) groups is 1. The van der Waals surface area contributed by atoms with Gasteiger partial charge >= 0.3 is 0 Å². The van der Waals surface area contributed by atoms with Crippen LogP contribution < -0.4 is 5.32 Å². The summed E-state index contributed by atoms with van der Waals surface area (Å²) in [5.41, 5.74) is 4.82. The summed E-state index contributed by atoms with van der Waals surface area (Å²) >= 11 is 1.60. The Hall–Kier alpha value is -3.38. The molecule has 1 amide bonds. The van der Waals surface area contributed by atoms with E-state index in [0.717, 1.165) is 16.9 Å². The maximum absolute atomic E-state index is 12.3. The normalized spacial score (nSPS) is 10.7. The molecule has 0 aliphatic carbocycles. The van der Waals surface area contributed by atoms with E-state index in [9.17, 15) is 4.79 Å². The van der Waals surface area contributed by atoms with Crippen molar-refractivity contribution in [3.63, 3.8) is 0 Å². The van der Waals surface area contributed by atoms with Crippen molar-refractivity contribution in [2.75, 3.05) is 11.1 Å². The van der Waals surface area contributed by atoms with Crippen LogP contribution in [0.25, 0.3) is 22.9 Å². The maximum atomic E-state index is 12.3. The maximum Gasteiger partial charge on any atom is 0.248 e. The SMILES string of the molecule is Cc1ccccc1CSCC(=O)Nc1cccc(-c2nnc(-c3ccccc3)o2)c1. The van der Waals surface area contributed by atoms with Gasteiger partial charge in [-0.1, -0.05) is 48.5 Å². The molecule has 0 saturated heterocycles. The van der Waals surface area contributed by atoms with Gasteiger partial charge in [0, 0.05) is 22.6 Å². The molecule has 1 N–H and O–H groups in total. The number of hydrogen-bond donors (Lipinski definition) is 1. The van der Waals surface area contributed by atoms with Gasteiger partial charge in [-0.3, -0.25) is 4.79 Å². The van der Waals surface area contributed by atoms with E-state index in [1.165, 1.54) is 11.1 Å². The highest BCUT2D eigenvalue weighted by molar-refractivity contribution is 7.99. The molecular weight excluding hydrogens is 394 g/mol. The molecule has 0 saturated carbocycles. The zero-order valence-electron chi connectivity index (χ0n) is 16.5. The summed E-state index contributed by atoms with van der Waals surface area (Å²) < 4.78 is 5.80. The number of aromatic nitrogens is 2. The van der Waals surface area contributed by atoms with Gasteiger partial charge in [-0.15, -0.1) is 22.0 Å². The van der Waals surface area contributed by atoms with Crippen LogP contribution in [0.15, 0.2) is 83.3 Å². The second-order valence-corrected chi connectivity index (χ2v) is 7.81. The molecule has 150 valence electrons. The van der Waals surface area contributed by atoms with Crippen molar-refractivity contribution in [3.8, 4) is 22.9 Å². The molecule has 1 heterocycles. The summed E-state index contributed by atoms with van der Waals surface area (Å²) in [4.78, 5) is 12.3. The van der Waals surface area contributed by atoms with E-state index in [1.54, 1.807) is 11.8 Å². The summed E-state index contributed by atoms with van der Waals surface area (Å²) in [5.74, 6) is 2.04. The van der Waals surface area contributed by atoms with Crippen LogP contribution in [0.5, 0.6) is 0 Å². The number of thioether (sulfide) groups is 1. The van der Waals surface area contributed by atoms with E-state index in [4.69, 9.17) is 4.42 Å². The third-order valence-corrected chi connectivity index (χ3v) is 5.57. The molecule has 0 atom stereocenters. The Kier molecular flexibility index (Phi) is 6.25. The molecule has 0 bridgehead atoms. The molecule has 5 nitrogen and oxygen atoms in total. The Labute approximate surface area is 179 Å². The Morgan fingerprint density at radius 1 is 0.900 bits per heavy atom. The Morgan fingerprint density at radius 3 is 2.40 bits per heavy atom. The number of nitrogens with one attached hydrogen (secondary N) is 1. The number of nitrogens with zero attached hydrogens (tertiary/aromatic N) is 2. The molecule has 4 aromatic rings. The molecule has 0 aliphatic heterocycles. The van der Waals surface area contributed by atoms with E-state index >= 15 is 0 Å². The van der Waals surface area contributed by atoms with E-state index < -0.39 is 0 Å². The molecule has 6 heteroatoms. The number of carbonyl (C=O) groups excluding carboxylic acids is 1. The van der Waals surface area contributed by atoms with Crippen LogP contribution in [0, 0.1) is 6.92 Å². The predicted molar refractivity (Wildman–Crippen MR) is 121 cm³/mol. The van der Waals surface area contributed by atoms with Crippen molar-refractivity contribution >= 4 is 23.4 Å². The van der Waals surface area contributed by atoms with E-state index in [2.05, 4.69) is 34.6 Å². The van der Waals surface area contributed by atoms with E-state index in [1.807, 2.05) is 66.7 Å². The van der Waals surface area contributed by atoms with E-state index in [0.29, 0.717) is 23.2 Å². The van der Waals surface area contributed by atoms with Crippen LogP contribution in [0.1, 0.15) is 11.1 Å². The molecule has 0 aliphatic rings. The molecule has 0 fully saturated rings. The minimum Gasteiger partial charge on any atom is -0.416 e. The average Bonchev–Trinajstić information content (AvgIpc) is 3.26. The Morgan fingerprint density at radius 2 is 1.60 bits per heavy atom. The molecule has 3 aromatic carbocycles. The molecule has 30 heavy (non-hydrogen) atoms. The third kappa shape index (κ3) is 4.96. The summed E-state index contributed by atoms with van der Waals surface area (Å²) in [6.07, 6.45) is 0. The van der Waals surface area contributed by atoms with Crippen LogP contribution in [0.4, 0.5) is 5.69 Å². The topological polar surface area (TPSA) is 68.0 Å². The molecule has 0 radical (unpaired) electrons. The summed E-state index contributed by atoms with van der Waals surface area (Å²) in [5, 5.41) is 11.2. The first-order valence-corrected chi connectivity index (χ1v) is 10.8. The van der Waals surface area contributed by atoms with Crippen LogP contribution in [-0.2, 0) is 10.5 Å². The van der Waals surface area contributed by atoms with Crippen LogP contribution >= 0.6 is 11.8 Å². The quantitative estimate of drug-likeness (QED) is 0.426. The number of hydrogen-bond acceptors (Lipinski definition) is 5. The largest absolute Gasteiger partial charge is 0.416 e. The summed E-state index contributed by atoms with van der Waals surface area (Å²) in [6.45, 7) is 2.09. The van der Waals surface area contributed by atoms with Crippen molar-refractivity contribution < 1.29 is 9.21 Å². The fraction of sp³-hybridized carbons (Fsp3) is 0.125. The molecule has 0 unspecified atom stereocenters. The fourth-order valence-corrected chi connectivity index (χ4v) is 3.89. The van der Waals surface area contributed by atoms with Gasteiger partial charge < -0.3 is 9.73 Å². The summed E-state index contributed by atoms with van der Waals surface area (Å²) in [7, 11) is 0. The molecule has 1 aromatic heterocycles. The van der Waals surface area contributed by atoms with Crippen molar-refractivity contribution in [1.82, 2.24) is 10.2 Å². The lowest BCUT2D eigenvalue weighted by atomic mass is 10.1. The van der Waals surface area contributed by atoms with E-state index in [-0.39, 0.29) is 5.91 Å². The Balaban J connectivity index is 1.37. The van der Waals surface area contributed by atoms with Crippen molar-refractivity contribution in [2.24, 2.45) is 0 Å². The fourth-order valence-electron chi connectivity index (χ4n) is 2.99. The number of amides is 1. The standard InChI is InChI=1S/C24H21N3O2S/c1-17-8-5-6-11-20(17)15-30-16-22(28)25-21-13-7-12-19(14-21)24-27-26-23(29-24)18-9-3-2-4-10-18/h2-14H,15-16H2,1H3,(H,25,28). The lowest BCUT2D eigenvalue weighted by Gasteiger charge is -2.07. The number of rotatable bonds is 7. The second-order valence-electron chi connectivity index (χ2n) is 6.83. The van der Waals surface area contributed by atoms with Crippen molar-refractivity contribution in [1.29, 1.82) is 0 Å². The zero-order chi connectivity index (χ0) is 20.8. The van der Waals surface area contributed by atoms with Crippen LogP contribution in [0.2, 0.25) is 0 Å². The highest BCUT2D eigenvalue weighted by atomic mass is 32.2. The van der Waals surface area contributed by atoms with Crippen molar-refractivity contribution in [3.05, 3.63) is 90.0 Å². The Bertz CT molecular complexity index is 1140. The first kappa shape index (κ1) is 19.9. The van der Waals surface area contributed by atoms with Gasteiger partial charge in [-0.2, -0.15) is 0 Å². The number of aryl methyl sites for hydroxylation is 1. The smallest absolute Gasteiger partial charge is 0.248 e. The van der Waals surface area contributed by atoms with Gasteiger partial charge in [0.25, 0.3) is 0 Å². The van der Waals surface area contributed by atoms with Crippen LogP contribution in [-0.4, -0.2) is 21.9 Å². The summed E-state index contributed by atoms with van der Waals surface area (Å²) in [6, 6.07) is 25.3.